The van der Waals surface area contributed by atoms with E-state index in [4.69, 9.17) is 4.74 Å². The zero-order valence-corrected chi connectivity index (χ0v) is 21.4. The average molecular weight is 594 g/mol. The molecule has 0 spiro atoms. The zero-order chi connectivity index (χ0) is 25.0. The van der Waals surface area contributed by atoms with Gasteiger partial charge in [-0.1, -0.05) is 54.5 Å². The third kappa shape index (κ3) is 6.61. The van der Waals surface area contributed by atoms with Gasteiger partial charge in [-0.05, 0) is 26.2 Å². The molecule has 2 aliphatic rings. The third-order valence-corrected chi connectivity index (χ3v) is 8.45. The molecule has 2 rings (SSSR count). The van der Waals surface area contributed by atoms with Crippen molar-refractivity contribution in [3.8, 4) is 0 Å². The fraction of sp³-hybridized carbons (Fsp3) is 0.870. The van der Waals surface area contributed by atoms with E-state index in [1.807, 2.05) is 0 Å². The fourth-order valence-corrected chi connectivity index (χ4v) is 5.82. The number of unbranched alkanes of at least 4 members (excludes halogenated alkanes) is 1. The molecule has 1 aliphatic carbocycles. The number of aliphatic hydroxyl groups is 2. The van der Waals surface area contributed by atoms with Crippen molar-refractivity contribution in [1.29, 1.82) is 0 Å². The third-order valence-electron chi connectivity index (χ3n) is 7.12. The maximum absolute atomic E-state index is 15.4. The van der Waals surface area contributed by atoms with Gasteiger partial charge in [-0.15, -0.1) is 0 Å². The number of carbonyl (C=O) groups is 1. The van der Waals surface area contributed by atoms with Gasteiger partial charge in [0.15, 0.2) is 0 Å². The van der Waals surface area contributed by atoms with E-state index in [1.54, 1.807) is 6.92 Å². The molecule has 0 bridgehead atoms. The van der Waals surface area contributed by atoms with Crippen LogP contribution in [0.5, 0.6) is 0 Å². The van der Waals surface area contributed by atoms with E-state index < -0.39 is 54.0 Å². The van der Waals surface area contributed by atoms with E-state index in [2.05, 4.69) is 27.3 Å². The summed E-state index contributed by atoms with van der Waals surface area (Å²) in [5, 5.41) is 20.9. The van der Waals surface area contributed by atoms with Crippen LogP contribution >= 0.6 is 22.6 Å². The van der Waals surface area contributed by atoms with Crippen LogP contribution in [0.1, 0.15) is 58.8 Å². The standard InChI is InChI=1S/C23H35F4IO5/c1-4-5-11-22(2,23(25,26)27)17(30)10-9-13-15(29)12-16-19(13)20(24)21(33-16)14(28)7-6-8-18(31)32-3/h9-10,13-17,19-21,29-30H,4-8,11-12H2,1-3H3/t13-,14?,15+,16+,17+,19+,20-,21-,22?/m0/s1. The normalized spacial score (nSPS) is 33.6. The van der Waals surface area contributed by atoms with Crippen molar-refractivity contribution in [3.63, 3.8) is 0 Å². The van der Waals surface area contributed by atoms with Crippen LogP contribution in [0.15, 0.2) is 12.2 Å². The van der Waals surface area contributed by atoms with Gasteiger partial charge in [-0.2, -0.15) is 13.2 Å². The van der Waals surface area contributed by atoms with Crippen LogP contribution in [0.2, 0.25) is 0 Å². The minimum absolute atomic E-state index is 0.185. The van der Waals surface area contributed by atoms with E-state index in [-0.39, 0.29) is 29.2 Å². The SMILES string of the molecule is CCCCC(C)([C@H](O)C=C[C@@H]1[C@H]2[C@H](F)[C@H](C(I)CCCC(=O)OC)O[C@@H]2C[C@H]1O)C(F)(F)F. The first-order valence-electron chi connectivity index (χ1n) is 11.5. The number of hydrogen-bond donors (Lipinski definition) is 2. The van der Waals surface area contributed by atoms with Gasteiger partial charge in [0, 0.05) is 28.6 Å². The summed E-state index contributed by atoms with van der Waals surface area (Å²) in [7, 11) is 1.31. The van der Waals surface area contributed by atoms with Gasteiger partial charge in [0.05, 0.1) is 30.8 Å². The molecule has 1 heterocycles. The number of rotatable bonds is 11. The minimum Gasteiger partial charge on any atom is -0.469 e. The molecule has 10 heteroatoms. The number of halogens is 5. The average Bonchev–Trinajstić information content (AvgIpc) is 3.23. The molecule has 1 saturated heterocycles. The Labute approximate surface area is 206 Å². The second kappa shape index (κ2) is 12.0. The second-order valence-electron chi connectivity index (χ2n) is 9.37. The minimum atomic E-state index is -4.61. The molecule has 33 heavy (non-hydrogen) atoms. The Hall–Kier alpha value is -0.460. The molecular formula is C23H35F4IO5. The van der Waals surface area contributed by atoms with Crippen molar-refractivity contribution in [2.45, 2.75) is 99.5 Å². The molecule has 1 saturated carbocycles. The molecule has 2 N–H and O–H groups in total. The highest BCUT2D eigenvalue weighted by molar-refractivity contribution is 14.1. The number of methoxy groups -OCH3 is 1. The topological polar surface area (TPSA) is 76.0 Å². The lowest BCUT2D eigenvalue weighted by Crippen LogP contribution is -2.44. The van der Waals surface area contributed by atoms with E-state index in [0.29, 0.717) is 25.7 Å². The number of ether oxygens (including phenoxy) is 2. The number of aliphatic hydroxyl groups excluding tert-OH is 2. The van der Waals surface area contributed by atoms with Gasteiger partial charge < -0.3 is 19.7 Å². The summed E-state index contributed by atoms with van der Waals surface area (Å²) in [6.45, 7) is 2.77. The van der Waals surface area contributed by atoms with E-state index in [1.165, 1.54) is 13.2 Å². The van der Waals surface area contributed by atoms with Gasteiger partial charge in [-0.3, -0.25) is 4.79 Å². The molecule has 0 aromatic carbocycles. The van der Waals surface area contributed by atoms with Crippen molar-refractivity contribution < 1.29 is 42.0 Å². The molecule has 1 aliphatic heterocycles. The lowest BCUT2D eigenvalue weighted by Gasteiger charge is -2.35. The number of alkyl halides is 5. The lowest BCUT2D eigenvalue weighted by atomic mass is 9.77. The monoisotopic (exact) mass is 594 g/mol. The van der Waals surface area contributed by atoms with Crippen LogP contribution in [0.3, 0.4) is 0 Å². The van der Waals surface area contributed by atoms with Crippen LogP contribution < -0.4 is 0 Å². The van der Waals surface area contributed by atoms with Gasteiger partial charge in [-0.25, -0.2) is 4.39 Å². The summed E-state index contributed by atoms with van der Waals surface area (Å²) in [5.74, 6) is -1.78. The van der Waals surface area contributed by atoms with E-state index >= 15 is 4.39 Å². The fourth-order valence-electron chi connectivity index (χ4n) is 4.81. The quantitative estimate of drug-likeness (QED) is 0.117. The van der Waals surface area contributed by atoms with Gasteiger partial charge in [0.25, 0.3) is 0 Å². The maximum Gasteiger partial charge on any atom is 0.397 e. The van der Waals surface area contributed by atoms with Crippen molar-refractivity contribution in [2.24, 2.45) is 17.3 Å². The second-order valence-corrected chi connectivity index (χ2v) is 11.0. The van der Waals surface area contributed by atoms with Crippen LogP contribution in [0.4, 0.5) is 17.6 Å². The summed E-state index contributed by atoms with van der Waals surface area (Å²) in [6.07, 6.45) is -5.51. The van der Waals surface area contributed by atoms with Crippen molar-refractivity contribution in [2.75, 3.05) is 7.11 Å². The van der Waals surface area contributed by atoms with Gasteiger partial charge in [0.2, 0.25) is 0 Å². The molecule has 2 fully saturated rings. The van der Waals surface area contributed by atoms with Crippen LogP contribution in [0.25, 0.3) is 0 Å². The van der Waals surface area contributed by atoms with E-state index in [9.17, 15) is 28.2 Å². The molecular weight excluding hydrogens is 559 g/mol. The van der Waals surface area contributed by atoms with Crippen molar-refractivity contribution >= 4 is 28.6 Å². The highest BCUT2D eigenvalue weighted by Gasteiger charge is 2.57. The number of carbonyl (C=O) groups excluding carboxylic acids is 1. The summed E-state index contributed by atoms with van der Waals surface area (Å²) in [6, 6.07) is 0. The largest absolute Gasteiger partial charge is 0.469 e. The van der Waals surface area contributed by atoms with Crippen molar-refractivity contribution in [3.05, 3.63) is 12.2 Å². The molecule has 192 valence electrons. The summed E-state index contributed by atoms with van der Waals surface area (Å²) >= 11 is 2.09. The Morgan fingerprint density at radius 3 is 2.58 bits per heavy atom. The summed E-state index contributed by atoms with van der Waals surface area (Å²) in [5.41, 5.74) is -2.32. The summed E-state index contributed by atoms with van der Waals surface area (Å²) in [4.78, 5) is 11.3. The highest BCUT2D eigenvalue weighted by Crippen LogP contribution is 2.49. The Balaban J connectivity index is 2.07. The molecule has 0 aromatic heterocycles. The number of esters is 1. The zero-order valence-electron chi connectivity index (χ0n) is 19.2. The molecule has 0 radical (unpaired) electrons. The number of hydrogen-bond acceptors (Lipinski definition) is 5. The first-order valence-corrected chi connectivity index (χ1v) is 12.7. The smallest absolute Gasteiger partial charge is 0.397 e. The van der Waals surface area contributed by atoms with Gasteiger partial charge in [0.1, 0.15) is 12.3 Å². The maximum atomic E-state index is 15.4. The van der Waals surface area contributed by atoms with Gasteiger partial charge >= 0.3 is 12.1 Å². The first kappa shape index (κ1) is 28.8. The molecule has 2 unspecified atom stereocenters. The highest BCUT2D eigenvalue weighted by atomic mass is 127. The predicted octanol–water partition coefficient (Wildman–Crippen LogP) is 4.91. The Bertz CT molecular complexity index is 676. The first-order chi connectivity index (χ1) is 15.4. The predicted molar refractivity (Wildman–Crippen MR) is 124 cm³/mol. The summed E-state index contributed by atoms with van der Waals surface area (Å²) < 4.78 is 66.7. The molecule has 5 nitrogen and oxygen atoms in total. The molecule has 0 aromatic rings. The molecule has 0 amide bonds. The Kier molecular flexibility index (Phi) is 10.5. The Morgan fingerprint density at radius 1 is 1.33 bits per heavy atom. The van der Waals surface area contributed by atoms with Crippen molar-refractivity contribution in [1.82, 2.24) is 0 Å². The lowest BCUT2D eigenvalue weighted by molar-refractivity contribution is -0.244. The number of fused-ring (bicyclic) bond motifs is 1. The van der Waals surface area contributed by atoms with Crippen LogP contribution in [0, 0.1) is 17.3 Å². The van der Waals surface area contributed by atoms with Crippen LogP contribution in [-0.2, 0) is 14.3 Å². The molecule has 9 atom stereocenters. The van der Waals surface area contributed by atoms with Crippen LogP contribution in [-0.4, -0.2) is 64.0 Å². The Morgan fingerprint density at radius 2 is 2.00 bits per heavy atom. The van der Waals surface area contributed by atoms with E-state index in [0.717, 1.165) is 13.0 Å².